The zero-order chi connectivity index (χ0) is 23.9. The molecule has 33 heavy (non-hydrogen) atoms. The molecule has 0 spiro atoms. The molecule has 0 aliphatic heterocycles. The average Bonchev–Trinajstić information content (AvgIpc) is 3.02. The van der Waals surface area contributed by atoms with E-state index < -0.39 is 41.2 Å². The fourth-order valence-corrected chi connectivity index (χ4v) is 3.49. The maximum Gasteiger partial charge on any atom is 0.416 e. The van der Waals surface area contributed by atoms with E-state index in [0.717, 1.165) is 6.07 Å². The molecular formula is C20H18F5N5O3. The number of aromatic nitrogens is 2. The van der Waals surface area contributed by atoms with Gasteiger partial charge in [0.2, 0.25) is 5.95 Å². The highest BCUT2D eigenvalue weighted by Gasteiger charge is 2.45. The first kappa shape index (κ1) is 22.7. The molecule has 176 valence electrons. The zero-order valence-corrected chi connectivity index (χ0v) is 17.0. The van der Waals surface area contributed by atoms with Crippen LogP contribution in [-0.4, -0.2) is 39.4 Å². The van der Waals surface area contributed by atoms with Gasteiger partial charge in [0.1, 0.15) is 11.6 Å². The number of anilines is 2. The fourth-order valence-electron chi connectivity index (χ4n) is 3.49. The first-order valence-corrected chi connectivity index (χ1v) is 9.80. The van der Waals surface area contributed by atoms with E-state index in [9.17, 15) is 31.9 Å². The SMILES string of the molecule is Cc1c([C@H](NC(=O)Nc2cnc(N[C@H]3C[C@H](O)C3)nc2)C(F)(F)F)oc2c(F)cc(F)cc12. The Hall–Kier alpha value is -3.48. The van der Waals surface area contributed by atoms with Gasteiger partial charge in [0.25, 0.3) is 0 Å². The third-order valence-electron chi connectivity index (χ3n) is 5.22. The molecule has 4 N–H and O–H groups in total. The lowest BCUT2D eigenvalue weighted by Gasteiger charge is -2.31. The van der Waals surface area contributed by atoms with E-state index in [1.54, 1.807) is 5.32 Å². The molecule has 1 atom stereocenters. The van der Waals surface area contributed by atoms with Crippen LogP contribution in [0.5, 0.6) is 0 Å². The van der Waals surface area contributed by atoms with Gasteiger partial charge in [-0.3, -0.25) is 0 Å². The van der Waals surface area contributed by atoms with Crippen molar-refractivity contribution in [1.82, 2.24) is 15.3 Å². The van der Waals surface area contributed by atoms with E-state index in [-0.39, 0.29) is 34.7 Å². The molecule has 3 aromatic rings. The maximum absolute atomic E-state index is 14.0. The normalized spacial score (nSPS) is 19.1. The van der Waals surface area contributed by atoms with Crippen molar-refractivity contribution in [1.29, 1.82) is 0 Å². The summed E-state index contributed by atoms with van der Waals surface area (Å²) in [6.45, 7) is 1.21. The molecule has 4 rings (SSSR count). The van der Waals surface area contributed by atoms with Gasteiger partial charge in [0, 0.05) is 23.1 Å². The number of hydrogen-bond acceptors (Lipinski definition) is 6. The van der Waals surface area contributed by atoms with Crippen molar-refractivity contribution in [2.24, 2.45) is 0 Å². The summed E-state index contributed by atoms with van der Waals surface area (Å²) in [7, 11) is 0. The minimum atomic E-state index is -5.00. The second-order valence-corrected chi connectivity index (χ2v) is 7.69. The number of nitrogens with one attached hydrogen (secondary N) is 3. The number of urea groups is 1. The van der Waals surface area contributed by atoms with Gasteiger partial charge in [-0.15, -0.1) is 0 Å². The summed E-state index contributed by atoms with van der Waals surface area (Å²) < 4.78 is 73.6. The number of fused-ring (bicyclic) bond motifs is 1. The predicted octanol–water partition coefficient (Wildman–Crippen LogP) is 4.17. The van der Waals surface area contributed by atoms with Gasteiger partial charge >= 0.3 is 12.2 Å². The van der Waals surface area contributed by atoms with Crippen molar-refractivity contribution >= 4 is 28.6 Å². The highest BCUT2D eigenvalue weighted by Crippen LogP contribution is 2.39. The van der Waals surface area contributed by atoms with Gasteiger partial charge in [-0.2, -0.15) is 13.2 Å². The highest BCUT2D eigenvalue weighted by atomic mass is 19.4. The Morgan fingerprint density at radius 3 is 2.48 bits per heavy atom. The number of nitrogens with zero attached hydrogens (tertiary/aromatic N) is 2. The summed E-state index contributed by atoms with van der Waals surface area (Å²) in [6.07, 6.45) is -1.90. The van der Waals surface area contributed by atoms with Crippen LogP contribution in [-0.2, 0) is 0 Å². The highest BCUT2D eigenvalue weighted by molar-refractivity contribution is 5.89. The van der Waals surface area contributed by atoms with E-state index in [1.165, 1.54) is 19.3 Å². The molecule has 0 saturated heterocycles. The molecule has 2 aromatic heterocycles. The number of carbonyl (C=O) groups is 1. The summed E-state index contributed by atoms with van der Waals surface area (Å²) in [5.41, 5.74) is -0.691. The molecule has 8 nitrogen and oxygen atoms in total. The number of aliphatic hydroxyl groups is 1. The summed E-state index contributed by atoms with van der Waals surface area (Å²) in [5, 5.41) is 16.0. The van der Waals surface area contributed by atoms with Crippen LogP contribution in [0.2, 0.25) is 0 Å². The molecule has 0 bridgehead atoms. The Kier molecular flexibility index (Phi) is 5.82. The van der Waals surface area contributed by atoms with Crippen LogP contribution in [0.4, 0.5) is 38.4 Å². The third-order valence-corrected chi connectivity index (χ3v) is 5.22. The lowest BCUT2D eigenvalue weighted by Crippen LogP contribution is -2.40. The summed E-state index contributed by atoms with van der Waals surface area (Å²) in [6, 6.07) is -2.51. The molecule has 1 aromatic carbocycles. The number of aliphatic hydroxyl groups excluding tert-OH is 1. The number of furan rings is 1. The first-order valence-electron chi connectivity index (χ1n) is 9.80. The van der Waals surface area contributed by atoms with E-state index in [2.05, 4.69) is 20.6 Å². The number of alkyl halides is 3. The third kappa shape index (κ3) is 4.82. The molecule has 13 heteroatoms. The van der Waals surface area contributed by atoms with E-state index in [0.29, 0.717) is 18.9 Å². The van der Waals surface area contributed by atoms with Gasteiger partial charge in [-0.1, -0.05) is 0 Å². The lowest BCUT2D eigenvalue weighted by molar-refractivity contribution is -0.158. The molecule has 0 radical (unpaired) electrons. The molecular weight excluding hydrogens is 453 g/mol. The zero-order valence-electron chi connectivity index (χ0n) is 17.0. The van der Waals surface area contributed by atoms with Crippen LogP contribution in [0, 0.1) is 18.6 Å². The number of amides is 2. The number of aryl methyl sites for hydroxylation is 1. The van der Waals surface area contributed by atoms with Crippen LogP contribution < -0.4 is 16.0 Å². The Morgan fingerprint density at radius 2 is 1.88 bits per heavy atom. The monoisotopic (exact) mass is 471 g/mol. The molecule has 1 saturated carbocycles. The Bertz CT molecular complexity index is 1180. The van der Waals surface area contributed by atoms with E-state index in [4.69, 9.17) is 4.42 Å². The minimum absolute atomic E-state index is 0.0139. The van der Waals surface area contributed by atoms with Crippen molar-refractivity contribution in [3.8, 4) is 0 Å². The quantitative estimate of drug-likeness (QED) is 0.416. The van der Waals surface area contributed by atoms with Crippen LogP contribution in [0.15, 0.2) is 28.9 Å². The minimum Gasteiger partial charge on any atom is -0.455 e. The average molecular weight is 471 g/mol. The van der Waals surface area contributed by atoms with Crippen LogP contribution in [0.1, 0.15) is 30.2 Å². The van der Waals surface area contributed by atoms with Gasteiger partial charge in [-0.25, -0.2) is 23.5 Å². The number of benzene rings is 1. The predicted molar refractivity (Wildman–Crippen MR) is 107 cm³/mol. The largest absolute Gasteiger partial charge is 0.455 e. The lowest BCUT2D eigenvalue weighted by atomic mass is 9.90. The van der Waals surface area contributed by atoms with E-state index >= 15 is 0 Å². The molecule has 0 unspecified atom stereocenters. The van der Waals surface area contributed by atoms with Crippen LogP contribution >= 0.6 is 0 Å². The summed E-state index contributed by atoms with van der Waals surface area (Å²) >= 11 is 0. The number of carbonyl (C=O) groups excluding carboxylic acids is 1. The molecule has 2 heterocycles. The van der Waals surface area contributed by atoms with Gasteiger partial charge in [0.05, 0.1) is 24.2 Å². The standard InChI is InChI=1S/C20H18F5N5O3/c1-8-13-2-9(21)3-14(22)16(13)33-15(8)17(20(23,24)25)30-19(32)29-11-6-26-18(27-7-11)28-10-4-12(31)5-10/h2-3,6-7,10,12,17,31H,4-5H2,1H3,(H,26,27,28)(H2,29,30,32)/t10-,12-,17-/m0/s1. The van der Waals surface area contributed by atoms with Gasteiger partial charge < -0.3 is 25.5 Å². The van der Waals surface area contributed by atoms with Crippen LogP contribution in [0.3, 0.4) is 0 Å². The van der Waals surface area contributed by atoms with Crippen molar-refractivity contribution in [3.05, 3.63) is 47.5 Å². The summed E-state index contributed by atoms with van der Waals surface area (Å²) in [4.78, 5) is 20.2. The number of hydrogen-bond donors (Lipinski definition) is 4. The van der Waals surface area contributed by atoms with Gasteiger partial charge in [-0.05, 0) is 25.8 Å². The Labute approximate surface area is 183 Å². The Morgan fingerprint density at radius 1 is 1.21 bits per heavy atom. The Balaban J connectivity index is 1.49. The van der Waals surface area contributed by atoms with Crippen molar-refractivity contribution in [2.45, 2.75) is 44.1 Å². The van der Waals surface area contributed by atoms with E-state index in [1.807, 2.05) is 0 Å². The topological polar surface area (TPSA) is 112 Å². The second kappa shape index (κ2) is 8.46. The number of halogens is 5. The van der Waals surface area contributed by atoms with Crippen LogP contribution in [0.25, 0.3) is 11.0 Å². The van der Waals surface area contributed by atoms with Crippen molar-refractivity contribution in [2.75, 3.05) is 10.6 Å². The summed E-state index contributed by atoms with van der Waals surface area (Å²) in [5.74, 6) is -2.67. The molecule has 2 amide bonds. The molecule has 1 fully saturated rings. The first-order chi connectivity index (χ1) is 15.5. The smallest absolute Gasteiger partial charge is 0.416 e. The fraction of sp³-hybridized carbons (Fsp3) is 0.350. The molecule has 1 aliphatic rings. The number of rotatable bonds is 5. The van der Waals surface area contributed by atoms with Gasteiger partial charge in [0.15, 0.2) is 17.4 Å². The van der Waals surface area contributed by atoms with Crippen molar-refractivity contribution in [3.63, 3.8) is 0 Å². The maximum atomic E-state index is 14.0. The second-order valence-electron chi connectivity index (χ2n) is 7.69. The molecule has 1 aliphatic carbocycles. The van der Waals surface area contributed by atoms with Crippen molar-refractivity contribution < 1.29 is 36.3 Å².